The van der Waals surface area contributed by atoms with E-state index in [0.29, 0.717) is 6.54 Å². The molecule has 5 heteroatoms. The number of amides is 1. The first-order chi connectivity index (χ1) is 8.37. The van der Waals surface area contributed by atoms with E-state index in [-0.39, 0.29) is 24.2 Å². The molecule has 5 nitrogen and oxygen atoms in total. The van der Waals surface area contributed by atoms with Gasteiger partial charge in [-0.25, -0.2) is 9.59 Å². The van der Waals surface area contributed by atoms with Gasteiger partial charge in [0.2, 0.25) is 0 Å². The van der Waals surface area contributed by atoms with Crippen LogP contribution in [0.4, 0.5) is 4.79 Å². The van der Waals surface area contributed by atoms with Gasteiger partial charge in [0.15, 0.2) is 0 Å². The Hall–Kier alpha value is -1.52. The zero-order valence-corrected chi connectivity index (χ0v) is 11.0. The van der Waals surface area contributed by atoms with Crippen molar-refractivity contribution in [3.8, 4) is 0 Å². The first-order valence-corrected chi connectivity index (χ1v) is 6.25. The zero-order chi connectivity index (χ0) is 13.3. The van der Waals surface area contributed by atoms with Crippen LogP contribution in [-0.2, 0) is 14.3 Å². The largest absolute Gasteiger partial charge is 0.453 e. The molecule has 1 fully saturated rings. The molecule has 2 rings (SSSR count). The molecule has 0 saturated carbocycles. The van der Waals surface area contributed by atoms with Gasteiger partial charge in [0, 0.05) is 12.6 Å². The maximum atomic E-state index is 12.0. The van der Waals surface area contributed by atoms with Crippen molar-refractivity contribution in [2.24, 2.45) is 0 Å². The van der Waals surface area contributed by atoms with Crippen molar-refractivity contribution < 1.29 is 19.1 Å². The normalized spacial score (nSPS) is 27.5. The summed E-state index contributed by atoms with van der Waals surface area (Å²) in [5.41, 5.74) is -0.508. The molecule has 1 amide bonds. The van der Waals surface area contributed by atoms with E-state index in [1.54, 1.807) is 11.0 Å². The van der Waals surface area contributed by atoms with Crippen LogP contribution in [0.1, 0.15) is 33.6 Å². The van der Waals surface area contributed by atoms with Gasteiger partial charge >= 0.3 is 12.1 Å². The van der Waals surface area contributed by atoms with E-state index in [9.17, 15) is 9.59 Å². The van der Waals surface area contributed by atoms with Gasteiger partial charge in [-0.15, -0.1) is 0 Å². The summed E-state index contributed by atoms with van der Waals surface area (Å²) >= 11 is 0. The first kappa shape index (κ1) is 12.9. The number of nitrogens with zero attached hydrogens (tertiary/aromatic N) is 1. The molecule has 0 aromatic carbocycles. The Kier molecular flexibility index (Phi) is 3.32. The standard InChI is InChI=1S/C13H19NO4/c1-13(2,3)18-12(16)14-8-4-5-9(14)10-6-7-11(15)17-10/h6-7,9-10H,4-5,8H2,1-3H3. The maximum absolute atomic E-state index is 12.0. The number of cyclic esters (lactones) is 1. The van der Waals surface area contributed by atoms with Gasteiger partial charge < -0.3 is 14.4 Å². The molecule has 100 valence electrons. The first-order valence-electron chi connectivity index (χ1n) is 6.25. The predicted molar refractivity (Wildman–Crippen MR) is 65.0 cm³/mol. The van der Waals surface area contributed by atoms with Crippen LogP contribution in [0, 0.1) is 0 Å². The summed E-state index contributed by atoms with van der Waals surface area (Å²) in [5.74, 6) is -0.337. The third-order valence-electron chi connectivity index (χ3n) is 2.98. The van der Waals surface area contributed by atoms with E-state index < -0.39 is 5.60 Å². The van der Waals surface area contributed by atoms with Crippen molar-refractivity contribution in [3.63, 3.8) is 0 Å². The quantitative estimate of drug-likeness (QED) is 0.669. The third-order valence-corrected chi connectivity index (χ3v) is 2.98. The second kappa shape index (κ2) is 4.63. The fourth-order valence-electron chi connectivity index (χ4n) is 2.27. The second-order valence-electron chi connectivity index (χ2n) is 5.64. The fourth-order valence-corrected chi connectivity index (χ4v) is 2.27. The van der Waals surface area contributed by atoms with Crippen molar-refractivity contribution in [1.82, 2.24) is 4.90 Å². The Morgan fingerprint density at radius 1 is 1.50 bits per heavy atom. The van der Waals surface area contributed by atoms with Crippen molar-refractivity contribution in [2.45, 2.75) is 51.4 Å². The molecule has 2 aliphatic heterocycles. The van der Waals surface area contributed by atoms with Gasteiger partial charge in [0.1, 0.15) is 11.7 Å². The molecule has 2 aliphatic rings. The minimum atomic E-state index is -0.508. The molecule has 0 aromatic heterocycles. The van der Waals surface area contributed by atoms with Gasteiger partial charge in [-0.05, 0) is 39.7 Å². The van der Waals surface area contributed by atoms with E-state index in [1.165, 1.54) is 6.08 Å². The Morgan fingerprint density at radius 3 is 2.78 bits per heavy atom. The van der Waals surface area contributed by atoms with Crippen LogP contribution in [0.25, 0.3) is 0 Å². The Morgan fingerprint density at radius 2 is 2.22 bits per heavy atom. The molecule has 18 heavy (non-hydrogen) atoms. The molecule has 1 saturated heterocycles. The topological polar surface area (TPSA) is 55.8 Å². The van der Waals surface area contributed by atoms with Crippen LogP contribution in [0.3, 0.4) is 0 Å². The molecule has 0 aliphatic carbocycles. The average Bonchev–Trinajstić information content (AvgIpc) is 2.81. The van der Waals surface area contributed by atoms with E-state index in [2.05, 4.69) is 0 Å². The predicted octanol–water partition coefficient (Wildman–Crippen LogP) is 1.87. The van der Waals surface area contributed by atoms with Gasteiger partial charge in [-0.1, -0.05) is 0 Å². The van der Waals surface area contributed by atoms with E-state index >= 15 is 0 Å². The van der Waals surface area contributed by atoms with Crippen LogP contribution in [0.15, 0.2) is 12.2 Å². The molecule has 0 bridgehead atoms. The summed E-state index contributed by atoms with van der Waals surface area (Å²) in [4.78, 5) is 24.8. The van der Waals surface area contributed by atoms with E-state index in [0.717, 1.165) is 12.8 Å². The number of ether oxygens (including phenoxy) is 2. The van der Waals surface area contributed by atoms with Crippen LogP contribution in [0.2, 0.25) is 0 Å². The maximum Gasteiger partial charge on any atom is 0.410 e. The number of likely N-dealkylation sites (tertiary alicyclic amines) is 1. The lowest BCUT2D eigenvalue weighted by Gasteiger charge is -2.30. The molecule has 0 N–H and O–H groups in total. The van der Waals surface area contributed by atoms with Crippen molar-refractivity contribution in [1.29, 1.82) is 0 Å². The molecule has 0 aromatic rings. The number of esters is 1. The highest BCUT2D eigenvalue weighted by molar-refractivity contribution is 5.84. The average molecular weight is 253 g/mol. The molecule has 2 unspecified atom stereocenters. The minimum absolute atomic E-state index is 0.0949. The van der Waals surface area contributed by atoms with Crippen molar-refractivity contribution in [3.05, 3.63) is 12.2 Å². The van der Waals surface area contributed by atoms with Crippen molar-refractivity contribution >= 4 is 12.1 Å². The molecular formula is C13H19NO4. The van der Waals surface area contributed by atoms with Crippen LogP contribution >= 0.6 is 0 Å². The van der Waals surface area contributed by atoms with Gasteiger partial charge in [-0.2, -0.15) is 0 Å². The van der Waals surface area contributed by atoms with Crippen molar-refractivity contribution in [2.75, 3.05) is 6.54 Å². The molecule has 2 heterocycles. The summed E-state index contributed by atoms with van der Waals surface area (Å²) in [6.45, 7) is 6.17. The Bertz CT molecular complexity index is 383. The third kappa shape index (κ3) is 2.83. The monoisotopic (exact) mass is 253 g/mol. The lowest BCUT2D eigenvalue weighted by molar-refractivity contribution is -0.140. The fraction of sp³-hybridized carbons (Fsp3) is 0.692. The summed E-state index contributed by atoms with van der Waals surface area (Å²) < 4.78 is 10.5. The zero-order valence-electron chi connectivity index (χ0n) is 11.0. The number of carbonyl (C=O) groups excluding carboxylic acids is 2. The molecule has 0 radical (unpaired) electrons. The highest BCUT2D eigenvalue weighted by Crippen LogP contribution is 2.26. The van der Waals surface area contributed by atoms with Gasteiger partial charge in [-0.3, -0.25) is 0 Å². The highest BCUT2D eigenvalue weighted by Gasteiger charge is 2.39. The lowest BCUT2D eigenvalue weighted by Crippen LogP contribution is -2.44. The Labute approximate surface area is 107 Å². The number of carbonyl (C=O) groups is 2. The number of hydrogen-bond acceptors (Lipinski definition) is 4. The van der Waals surface area contributed by atoms with Gasteiger partial charge in [0.05, 0.1) is 6.04 Å². The second-order valence-corrected chi connectivity index (χ2v) is 5.64. The van der Waals surface area contributed by atoms with Crippen LogP contribution in [0.5, 0.6) is 0 Å². The van der Waals surface area contributed by atoms with E-state index in [4.69, 9.17) is 9.47 Å². The summed E-state index contributed by atoms with van der Waals surface area (Å²) in [6.07, 6.45) is 4.22. The molecule has 2 atom stereocenters. The smallest absolute Gasteiger partial charge is 0.410 e. The summed E-state index contributed by atoms with van der Waals surface area (Å²) in [6, 6.07) is -0.0949. The van der Waals surface area contributed by atoms with Crippen LogP contribution in [-0.4, -0.2) is 41.3 Å². The van der Waals surface area contributed by atoms with Gasteiger partial charge in [0.25, 0.3) is 0 Å². The Balaban J connectivity index is 2.01. The highest BCUT2D eigenvalue weighted by atomic mass is 16.6. The lowest BCUT2D eigenvalue weighted by atomic mass is 10.1. The SMILES string of the molecule is CC(C)(C)OC(=O)N1CCCC1C1C=CC(=O)O1. The molecular weight excluding hydrogens is 234 g/mol. The number of hydrogen-bond donors (Lipinski definition) is 0. The summed E-state index contributed by atoms with van der Waals surface area (Å²) in [7, 11) is 0. The minimum Gasteiger partial charge on any atom is -0.453 e. The van der Waals surface area contributed by atoms with Crippen LogP contribution < -0.4 is 0 Å². The molecule has 0 spiro atoms. The van der Waals surface area contributed by atoms with E-state index in [1.807, 2.05) is 20.8 Å². The number of rotatable bonds is 1. The summed E-state index contributed by atoms with van der Waals surface area (Å²) in [5, 5.41) is 0.